The predicted molar refractivity (Wildman–Crippen MR) is 99.5 cm³/mol. The molecule has 1 saturated heterocycles. The maximum Gasteiger partial charge on any atom is 0.224 e. The molecule has 0 aromatic heterocycles. The summed E-state index contributed by atoms with van der Waals surface area (Å²) < 4.78 is 0. The molecule has 1 saturated carbocycles. The maximum absolute atomic E-state index is 12.6. The number of nitrogens with zero attached hydrogens (tertiary/aromatic N) is 1. The molecule has 1 aromatic carbocycles. The minimum atomic E-state index is 0.0851. The van der Waals surface area contributed by atoms with E-state index >= 15 is 0 Å². The number of halogens is 2. The zero-order valence-corrected chi connectivity index (χ0v) is 15.6. The van der Waals surface area contributed by atoms with Gasteiger partial charge in [-0.3, -0.25) is 9.69 Å². The van der Waals surface area contributed by atoms with E-state index in [2.05, 4.69) is 10.2 Å². The average Bonchev–Trinajstić information content (AvgIpc) is 2.59. The molecular formula is C19H26Cl2N2O. The van der Waals surface area contributed by atoms with Gasteiger partial charge >= 0.3 is 0 Å². The Morgan fingerprint density at radius 2 is 1.79 bits per heavy atom. The summed E-state index contributed by atoms with van der Waals surface area (Å²) in [5.41, 5.74) is 0.967. The van der Waals surface area contributed by atoms with E-state index in [9.17, 15) is 4.79 Å². The van der Waals surface area contributed by atoms with Crippen molar-refractivity contribution in [2.24, 2.45) is 5.92 Å². The summed E-state index contributed by atoms with van der Waals surface area (Å²) in [6.07, 6.45) is 8.09. The average molecular weight is 369 g/mol. The van der Waals surface area contributed by atoms with Gasteiger partial charge in [-0.15, -0.1) is 0 Å². The van der Waals surface area contributed by atoms with Crippen LogP contribution in [0.1, 0.15) is 50.5 Å². The topological polar surface area (TPSA) is 32.3 Å². The number of likely N-dealkylation sites (tertiary alicyclic amines) is 1. The Labute approximate surface area is 154 Å². The van der Waals surface area contributed by atoms with Crippen LogP contribution in [0.3, 0.4) is 0 Å². The van der Waals surface area contributed by atoms with Crippen molar-refractivity contribution in [1.82, 2.24) is 10.2 Å². The number of piperidine rings is 1. The Morgan fingerprint density at radius 3 is 2.50 bits per heavy atom. The molecule has 5 heteroatoms. The predicted octanol–water partition coefficient (Wildman–Crippen LogP) is 4.65. The number of nitrogens with one attached hydrogen (secondary N) is 1. The van der Waals surface area contributed by atoms with E-state index in [-0.39, 0.29) is 11.8 Å². The van der Waals surface area contributed by atoms with Crippen LogP contribution in [0, 0.1) is 5.92 Å². The zero-order valence-electron chi connectivity index (χ0n) is 14.1. The number of carbonyl (C=O) groups excluding carboxylic acids is 1. The highest BCUT2D eigenvalue weighted by Gasteiger charge is 2.28. The number of carbonyl (C=O) groups is 1. The minimum absolute atomic E-state index is 0.0851. The molecule has 24 heavy (non-hydrogen) atoms. The molecule has 3 rings (SSSR count). The van der Waals surface area contributed by atoms with Crippen molar-refractivity contribution in [3.8, 4) is 0 Å². The number of hydrogen-bond acceptors (Lipinski definition) is 2. The van der Waals surface area contributed by atoms with Gasteiger partial charge < -0.3 is 5.32 Å². The van der Waals surface area contributed by atoms with E-state index in [0.29, 0.717) is 22.6 Å². The Bertz CT molecular complexity index is 552. The minimum Gasteiger partial charge on any atom is -0.353 e. The molecule has 1 aliphatic carbocycles. The number of amides is 1. The van der Waals surface area contributed by atoms with E-state index in [1.807, 2.05) is 18.2 Å². The molecule has 1 atom stereocenters. The number of benzene rings is 1. The first-order chi connectivity index (χ1) is 11.6. The second-order valence-corrected chi connectivity index (χ2v) is 7.93. The molecule has 0 spiro atoms. The van der Waals surface area contributed by atoms with Gasteiger partial charge in [-0.05, 0) is 44.4 Å². The lowest BCUT2D eigenvalue weighted by atomic mass is 9.93. The highest BCUT2D eigenvalue weighted by molar-refractivity contribution is 6.35. The first kappa shape index (κ1) is 18.0. The van der Waals surface area contributed by atoms with Crippen LogP contribution >= 0.6 is 23.2 Å². The molecule has 3 nitrogen and oxygen atoms in total. The van der Waals surface area contributed by atoms with E-state index in [4.69, 9.17) is 23.2 Å². The molecule has 1 unspecified atom stereocenters. The van der Waals surface area contributed by atoms with Crippen LogP contribution in [0.2, 0.25) is 10.0 Å². The second kappa shape index (κ2) is 8.55. The lowest BCUT2D eigenvalue weighted by Gasteiger charge is -2.33. The smallest absolute Gasteiger partial charge is 0.224 e. The molecule has 2 aliphatic rings. The largest absolute Gasteiger partial charge is 0.353 e. The molecule has 1 aliphatic heterocycles. The van der Waals surface area contributed by atoms with Crippen molar-refractivity contribution < 1.29 is 4.79 Å². The van der Waals surface area contributed by atoms with Gasteiger partial charge in [0.1, 0.15) is 0 Å². The SMILES string of the molecule is O=C(NC1CCCCC1)C1CCCN(Cc2c(Cl)cccc2Cl)C1. The fraction of sp³-hybridized carbons (Fsp3) is 0.632. The van der Waals surface area contributed by atoms with Gasteiger partial charge in [0.05, 0.1) is 5.92 Å². The van der Waals surface area contributed by atoms with Crippen LogP contribution in [0.15, 0.2) is 18.2 Å². The molecule has 1 amide bonds. The second-order valence-electron chi connectivity index (χ2n) is 7.12. The van der Waals surface area contributed by atoms with E-state index in [0.717, 1.165) is 44.3 Å². The summed E-state index contributed by atoms with van der Waals surface area (Å²) in [4.78, 5) is 14.9. The van der Waals surface area contributed by atoms with Crippen molar-refractivity contribution in [3.63, 3.8) is 0 Å². The molecule has 1 heterocycles. The summed E-state index contributed by atoms with van der Waals surface area (Å²) in [5.74, 6) is 0.318. The maximum atomic E-state index is 12.6. The number of rotatable bonds is 4. The molecular weight excluding hydrogens is 343 g/mol. The first-order valence-corrected chi connectivity index (χ1v) is 9.84. The number of hydrogen-bond donors (Lipinski definition) is 1. The monoisotopic (exact) mass is 368 g/mol. The normalized spacial score (nSPS) is 23.2. The van der Waals surface area contributed by atoms with Crippen molar-refractivity contribution in [3.05, 3.63) is 33.8 Å². The van der Waals surface area contributed by atoms with Crippen LogP contribution in [0.4, 0.5) is 0 Å². The van der Waals surface area contributed by atoms with Crippen molar-refractivity contribution in [2.75, 3.05) is 13.1 Å². The van der Waals surface area contributed by atoms with Gasteiger partial charge in [-0.1, -0.05) is 48.5 Å². The first-order valence-electron chi connectivity index (χ1n) is 9.09. The van der Waals surface area contributed by atoms with Gasteiger partial charge in [0.25, 0.3) is 0 Å². The highest BCUT2D eigenvalue weighted by Crippen LogP contribution is 2.28. The van der Waals surface area contributed by atoms with Crippen molar-refractivity contribution >= 4 is 29.1 Å². The third-order valence-electron chi connectivity index (χ3n) is 5.27. The van der Waals surface area contributed by atoms with Crippen molar-refractivity contribution in [1.29, 1.82) is 0 Å². The molecule has 1 N–H and O–H groups in total. The van der Waals surface area contributed by atoms with Crippen LogP contribution in [0.5, 0.6) is 0 Å². The Balaban J connectivity index is 1.56. The fourth-order valence-corrected chi connectivity index (χ4v) is 4.40. The Hall–Kier alpha value is -0.770. The van der Waals surface area contributed by atoms with Gasteiger partial charge in [0.15, 0.2) is 0 Å². The molecule has 1 aromatic rings. The summed E-state index contributed by atoms with van der Waals surface area (Å²) in [6.45, 7) is 2.50. The third kappa shape index (κ3) is 4.65. The molecule has 0 radical (unpaired) electrons. The summed E-state index contributed by atoms with van der Waals surface area (Å²) in [6, 6.07) is 6.00. The summed E-state index contributed by atoms with van der Waals surface area (Å²) >= 11 is 12.6. The van der Waals surface area contributed by atoms with Crippen LogP contribution < -0.4 is 5.32 Å². The lowest BCUT2D eigenvalue weighted by molar-refractivity contribution is -0.127. The van der Waals surface area contributed by atoms with Gasteiger partial charge in [0.2, 0.25) is 5.91 Å². The molecule has 0 bridgehead atoms. The van der Waals surface area contributed by atoms with E-state index in [1.165, 1.54) is 19.3 Å². The van der Waals surface area contributed by atoms with Crippen LogP contribution in [-0.4, -0.2) is 29.9 Å². The Morgan fingerprint density at radius 1 is 1.08 bits per heavy atom. The Kier molecular flexibility index (Phi) is 6.43. The fourth-order valence-electron chi connectivity index (χ4n) is 3.89. The zero-order chi connectivity index (χ0) is 16.9. The highest BCUT2D eigenvalue weighted by atomic mass is 35.5. The quantitative estimate of drug-likeness (QED) is 0.838. The lowest BCUT2D eigenvalue weighted by Crippen LogP contribution is -2.46. The van der Waals surface area contributed by atoms with Crippen molar-refractivity contribution in [2.45, 2.75) is 57.5 Å². The third-order valence-corrected chi connectivity index (χ3v) is 5.98. The van der Waals surface area contributed by atoms with E-state index < -0.39 is 0 Å². The van der Waals surface area contributed by atoms with Gasteiger partial charge in [0, 0.05) is 34.7 Å². The van der Waals surface area contributed by atoms with Gasteiger partial charge in [-0.2, -0.15) is 0 Å². The van der Waals surface area contributed by atoms with E-state index in [1.54, 1.807) is 0 Å². The molecule has 2 fully saturated rings. The van der Waals surface area contributed by atoms with Crippen LogP contribution in [0.25, 0.3) is 0 Å². The summed E-state index contributed by atoms with van der Waals surface area (Å²) in [7, 11) is 0. The van der Waals surface area contributed by atoms with Crippen LogP contribution in [-0.2, 0) is 11.3 Å². The standard InChI is InChI=1S/C19H26Cl2N2O/c20-17-9-4-10-18(21)16(17)13-23-11-5-6-14(12-23)19(24)22-15-7-2-1-3-8-15/h4,9-10,14-15H,1-3,5-8,11-13H2,(H,22,24). The van der Waals surface area contributed by atoms with Gasteiger partial charge in [-0.25, -0.2) is 0 Å². The summed E-state index contributed by atoms with van der Waals surface area (Å²) in [5, 5.41) is 4.69. The molecule has 132 valence electrons.